The van der Waals surface area contributed by atoms with E-state index in [1.165, 1.54) is 5.56 Å². The minimum Gasteiger partial charge on any atom is -0.492 e. The van der Waals surface area contributed by atoms with Crippen LogP contribution in [0.5, 0.6) is 11.5 Å². The average Bonchev–Trinajstić information content (AvgIpc) is 3.02. The van der Waals surface area contributed by atoms with Gasteiger partial charge in [-0.1, -0.05) is 28.9 Å². The normalized spacial score (nSPS) is 10.5. The molecule has 28 heavy (non-hydrogen) atoms. The predicted molar refractivity (Wildman–Crippen MR) is 106 cm³/mol. The van der Waals surface area contributed by atoms with Crippen LogP contribution in [0, 0.1) is 20.8 Å². The molecule has 0 atom stereocenters. The Balaban J connectivity index is 1.48. The van der Waals surface area contributed by atoms with Crippen LogP contribution in [0.2, 0.25) is 0 Å². The molecule has 0 aliphatic heterocycles. The first kappa shape index (κ1) is 19.5. The van der Waals surface area contributed by atoms with Crippen molar-refractivity contribution in [2.24, 2.45) is 0 Å². The molecule has 0 saturated heterocycles. The molecule has 0 spiro atoms. The van der Waals surface area contributed by atoms with Gasteiger partial charge in [-0.15, -0.1) is 0 Å². The third kappa shape index (κ3) is 5.13. The lowest BCUT2D eigenvalue weighted by Gasteiger charge is -2.10. The fourth-order valence-electron chi connectivity index (χ4n) is 2.66. The van der Waals surface area contributed by atoms with Gasteiger partial charge >= 0.3 is 0 Å². The molecule has 6 heteroatoms. The minimum absolute atomic E-state index is 0.171. The summed E-state index contributed by atoms with van der Waals surface area (Å²) in [6, 6.07) is 14.9. The number of carbonyl (C=O) groups is 1. The van der Waals surface area contributed by atoms with Crippen LogP contribution in [0.3, 0.4) is 0 Å². The van der Waals surface area contributed by atoms with Crippen molar-refractivity contribution < 1.29 is 18.8 Å². The molecule has 0 unspecified atom stereocenters. The summed E-state index contributed by atoms with van der Waals surface area (Å²) in [5.41, 5.74) is 3.44. The Kier molecular flexibility index (Phi) is 6.32. The molecule has 146 valence electrons. The van der Waals surface area contributed by atoms with E-state index in [0.29, 0.717) is 31.1 Å². The first-order valence-corrected chi connectivity index (χ1v) is 9.15. The summed E-state index contributed by atoms with van der Waals surface area (Å²) >= 11 is 0. The van der Waals surface area contributed by atoms with Gasteiger partial charge in [0.25, 0.3) is 5.91 Å². The van der Waals surface area contributed by atoms with Gasteiger partial charge in [0, 0.05) is 5.56 Å². The summed E-state index contributed by atoms with van der Waals surface area (Å²) < 4.78 is 16.5. The van der Waals surface area contributed by atoms with E-state index in [-0.39, 0.29) is 5.91 Å². The average molecular weight is 380 g/mol. The standard InChI is InChI=1S/C22H24N2O4/c1-15-7-9-19(10-8-15)26-12-11-23-22(25)18-5-4-6-20(13-18)27-14-21-16(2)24-28-17(21)3/h4-10,13H,11-12,14H2,1-3H3,(H,23,25). The predicted octanol–water partition coefficient (Wildman–Crippen LogP) is 3.99. The Labute approximate surface area is 164 Å². The van der Waals surface area contributed by atoms with Gasteiger partial charge < -0.3 is 19.3 Å². The molecule has 0 aliphatic rings. The molecule has 1 N–H and O–H groups in total. The fraction of sp³-hybridized carbons (Fsp3) is 0.273. The summed E-state index contributed by atoms with van der Waals surface area (Å²) in [7, 11) is 0. The first-order chi connectivity index (χ1) is 13.5. The van der Waals surface area contributed by atoms with Crippen LogP contribution in [0.1, 0.15) is 32.9 Å². The fourth-order valence-corrected chi connectivity index (χ4v) is 2.66. The number of rotatable bonds is 8. The molecular weight excluding hydrogens is 356 g/mol. The molecule has 1 amide bonds. The molecule has 0 fully saturated rings. The summed E-state index contributed by atoms with van der Waals surface area (Å²) in [5.74, 6) is 1.97. The monoisotopic (exact) mass is 380 g/mol. The highest BCUT2D eigenvalue weighted by molar-refractivity contribution is 5.94. The van der Waals surface area contributed by atoms with Crippen LogP contribution in [0.15, 0.2) is 53.1 Å². The SMILES string of the molecule is Cc1ccc(OCCNC(=O)c2cccc(OCc3c(C)noc3C)c2)cc1. The van der Waals surface area contributed by atoms with Crippen LogP contribution in [0.4, 0.5) is 0 Å². The second kappa shape index (κ2) is 9.08. The lowest BCUT2D eigenvalue weighted by Crippen LogP contribution is -2.28. The highest BCUT2D eigenvalue weighted by Gasteiger charge is 2.11. The molecule has 6 nitrogen and oxygen atoms in total. The Bertz CT molecular complexity index is 912. The summed E-state index contributed by atoms with van der Waals surface area (Å²) in [5, 5.41) is 6.76. The molecular formula is C22H24N2O4. The molecule has 0 radical (unpaired) electrons. The zero-order valence-electron chi connectivity index (χ0n) is 16.3. The summed E-state index contributed by atoms with van der Waals surface area (Å²) in [6.07, 6.45) is 0. The van der Waals surface area contributed by atoms with Gasteiger partial charge in [-0.25, -0.2) is 0 Å². The maximum atomic E-state index is 12.3. The molecule has 0 saturated carbocycles. The van der Waals surface area contributed by atoms with Crippen LogP contribution < -0.4 is 14.8 Å². The van der Waals surface area contributed by atoms with E-state index in [1.54, 1.807) is 18.2 Å². The Morgan fingerprint density at radius 1 is 1.04 bits per heavy atom. The van der Waals surface area contributed by atoms with Gasteiger partial charge in [-0.2, -0.15) is 0 Å². The highest BCUT2D eigenvalue weighted by Crippen LogP contribution is 2.18. The zero-order valence-corrected chi connectivity index (χ0v) is 16.3. The second-order valence-electron chi connectivity index (χ2n) is 6.54. The lowest BCUT2D eigenvalue weighted by atomic mass is 10.2. The lowest BCUT2D eigenvalue weighted by molar-refractivity contribution is 0.0946. The van der Waals surface area contributed by atoms with E-state index in [1.807, 2.05) is 51.1 Å². The number of benzene rings is 2. The maximum Gasteiger partial charge on any atom is 0.251 e. The summed E-state index contributed by atoms with van der Waals surface area (Å²) in [6.45, 7) is 6.90. The minimum atomic E-state index is -0.171. The van der Waals surface area contributed by atoms with Crippen LogP contribution in [-0.2, 0) is 6.61 Å². The molecule has 1 aromatic heterocycles. The Hall–Kier alpha value is -3.28. The second-order valence-corrected chi connectivity index (χ2v) is 6.54. The van der Waals surface area contributed by atoms with Crippen LogP contribution in [0.25, 0.3) is 0 Å². The number of aryl methyl sites for hydroxylation is 3. The number of hydrogen-bond donors (Lipinski definition) is 1. The van der Waals surface area contributed by atoms with E-state index in [2.05, 4.69) is 10.5 Å². The Morgan fingerprint density at radius 2 is 1.82 bits per heavy atom. The number of aromatic nitrogens is 1. The Morgan fingerprint density at radius 3 is 2.54 bits per heavy atom. The van der Waals surface area contributed by atoms with Crippen LogP contribution in [-0.4, -0.2) is 24.2 Å². The number of carbonyl (C=O) groups excluding carboxylic acids is 1. The number of hydrogen-bond acceptors (Lipinski definition) is 5. The number of ether oxygens (including phenoxy) is 2. The van der Waals surface area contributed by atoms with Gasteiger partial charge in [0.15, 0.2) is 0 Å². The van der Waals surface area contributed by atoms with Crippen molar-refractivity contribution in [2.75, 3.05) is 13.2 Å². The van der Waals surface area contributed by atoms with E-state index < -0.39 is 0 Å². The first-order valence-electron chi connectivity index (χ1n) is 9.15. The van der Waals surface area contributed by atoms with Crippen molar-refractivity contribution >= 4 is 5.91 Å². The third-order valence-corrected chi connectivity index (χ3v) is 4.34. The topological polar surface area (TPSA) is 73.6 Å². The number of nitrogens with zero attached hydrogens (tertiary/aromatic N) is 1. The maximum absolute atomic E-state index is 12.3. The number of amides is 1. The number of nitrogens with one attached hydrogen (secondary N) is 1. The molecule has 3 aromatic rings. The van der Waals surface area contributed by atoms with Gasteiger partial charge in [0.2, 0.25) is 0 Å². The van der Waals surface area contributed by atoms with Crippen molar-refractivity contribution in [3.8, 4) is 11.5 Å². The van der Waals surface area contributed by atoms with Crippen molar-refractivity contribution in [1.82, 2.24) is 10.5 Å². The van der Waals surface area contributed by atoms with E-state index >= 15 is 0 Å². The smallest absolute Gasteiger partial charge is 0.251 e. The quantitative estimate of drug-likeness (QED) is 0.598. The molecule has 0 aliphatic carbocycles. The van der Waals surface area contributed by atoms with Gasteiger partial charge in [0.05, 0.1) is 17.8 Å². The van der Waals surface area contributed by atoms with Gasteiger partial charge in [-0.05, 0) is 51.1 Å². The van der Waals surface area contributed by atoms with Crippen molar-refractivity contribution in [3.05, 3.63) is 76.7 Å². The van der Waals surface area contributed by atoms with Crippen molar-refractivity contribution in [2.45, 2.75) is 27.4 Å². The summed E-state index contributed by atoms with van der Waals surface area (Å²) in [4.78, 5) is 12.3. The van der Waals surface area contributed by atoms with Gasteiger partial charge in [0.1, 0.15) is 30.5 Å². The third-order valence-electron chi connectivity index (χ3n) is 4.34. The van der Waals surface area contributed by atoms with E-state index in [0.717, 1.165) is 22.8 Å². The zero-order chi connectivity index (χ0) is 19.9. The molecule has 1 heterocycles. The molecule has 2 aromatic carbocycles. The highest BCUT2D eigenvalue weighted by atomic mass is 16.5. The van der Waals surface area contributed by atoms with Gasteiger partial charge in [-0.3, -0.25) is 4.79 Å². The molecule has 3 rings (SSSR count). The van der Waals surface area contributed by atoms with E-state index in [9.17, 15) is 4.79 Å². The van der Waals surface area contributed by atoms with Crippen molar-refractivity contribution in [3.63, 3.8) is 0 Å². The molecule has 0 bridgehead atoms. The van der Waals surface area contributed by atoms with Crippen LogP contribution >= 0.6 is 0 Å². The van der Waals surface area contributed by atoms with E-state index in [4.69, 9.17) is 14.0 Å². The largest absolute Gasteiger partial charge is 0.492 e. The van der Waals surface area contributed by atoms with Crippen molar-refractivity contribution in [1.29, 1.82) is 0 Å².